The maximum Gasteiger partial charge on any atom is 0.254 e. The van der Waals surface area contributed by atoms with Crippen molar-refractivity contribution in [2.24, 2.45) is 5.41 Å². The molecule has 0 aliphatic carbocycles. The van der Waals surface area contributed by atoms with Crippen molar-refractivity contribution in [2.45, 2.75) is 34.6 Å². The van der Waals surface area contributed by atoms with Crippen molar-refractivity contribution in [1.82, 2.24) is 24.9 Å². The van der Waals surface area contributed by atoms with E-state index < -0.39 is 0 Å². The Balaban J connectivity index is 2.03. The number of carbonyl (C=O) groups is 1. The van der Waals surface area contributed by atoms with E-state index in [2.05, 4.69) is 25.7 Å². The van der Waals surface area contributed by atoms with E-state index >= 15 is 0 Å². The molecule has 2 aromatic rings. The maximum absolute atomic E-state index is 11.8. The predicted octanol–water partition coefficient (Wildman–Crippen LogP) is 1.32. The summed E-state index contributed by atoms with van der Waals surface area (Å²) in [5, 5.41) is 10.4. The van der Waals surface area contributed by atoms with E-state index in [-0.39, 0.29) is 11.3 Å². The molecule has 0 atom stereocenters. The van der Waals surface area contributed by atoms with Crippen molar-refractivity contribution in [2.75, 3.05) is 18.4 Å². The molecule has 0 bridgehead atoms. The van der Waals surface area contributed by atoms with Crippen molar-refractivity contribution in [3.8, 4) is 0 Å². The van der Waals surface area contributed by atoms with E-state index in [0.717, 1.165) is 17.1 Å². The third-order valence-electron chi connectivity index (χ3n) is 3.29. The van der Waals surface area contributed by atoms with Crippen molar-refractivity contribution < 1.29 is 4.79 Å². The summed E-state index contributed by atoms with van der Waals surface area (Å²) in [7, 11) is 0. The largest absolute Gasteiger partial charge is 0.368 e. The average Bonchev–Trinajstić information content (AvgIpc) is 2.84. The van der Waals surface area contributed by atoms with Crippen LogP contribution in [0.25, 0.3) is 5.78 Å². The lowest BCUT2D eigenvalue weighted by molar-refractivity contribution is -0.128. The first-order valence-electron chi connectivity index (χ1n) is 7.00. The first kappa shape index (κ1) is 15.2. The van der Waals surface area contributed by atoms with Crippen LogP contribution in [0.2, 0.25) is 0 Å². The smallest absolute Gasteiger partial charge is 0.254 e. The normalized spacial score (nSPS) is 11.7. The maximum atomic E-state index is 11.8. The van der Waals surface area contributed by atoms with Gasteiger partial charge in [0.15, 0.2) is 0 Å². The highest BCUT2D eigenvalue weighted by atomic mass is 16.2. The molecule has 0 aliphatic rings. The Hall–Kier alpha value is -2.18. The second-order valence-electron chi connectivity index (χ2n) is 6.08. The lowest BCUT2D eigenvalue weighted by Gasteiger charge is -2.18. The summed E-state index contributed by atoms with van der Waals surface area (Å²) in [6, 6.07) is 0. The standard InChI is InChI=1S/C14H22N6O/c1-9-10(2)19-13-17-8-18-20(13)11(9)15-6-7-16-12(21)14(3,4)5/h8,15H,6-7H2,1-5H3,(H,16,21). The van der Waals surface area contributed by atoms with E-state index in [1.807, 2.05) is 34.6 Å². The summed E-state index contributed by atoms with van der Waals surface area (Å²) in [5.41, 5.74) is 1.56. The lowest BCUT2D eigenvalue weighted by Crippen LogP contribution is -2.37. The monoisotopic (exact) mass is 290 g/mol. The summed E-state index contributed by atoms with van der Waals surface area (Å²) in [4.78, 5) is 20.3. The predicted molar refractivity (Wildman–Crippen MR) is 81.2 cm³/mol. The highest BCUT2D eigenvalue weighted by molar-refractivity contribution is 5.81. The molecule has 0 saturated carbocycles. The van der Waals surface area contributed by atoms with E-state index in [1.165, 1.54) is 6.33 Å². The summed E-state index contributed by atoms with van der Waals surface area (Å²) in [5.74, 6) is 1.47. The third kappa shape index (κ3) is 3.29. The Bertz CT molecular complexity index is 655. The van der Waals surface area contributed by atoms with Gasteiger partial charge in [-0.3, -0.25) is 4.79 Å². The molecule has 0 spiro atoms. The second kappa shape index (κ2) is 5.67. The highest BCUT2D eigenvalue weighted by Gasteiger charge is 2.20. The number of nitrogens with one attached hydrogen (secondary N) is 2. The fourth-order valence-corrected chi connectivity index (χ4v) is 1.86. The van der Waals surface area contributed by atoms with Crippen LogP contribution in [-0.4, -0.2) is 38.6 Å². The van der Waals surface area contributed by atoms with Gasteiger partial charge < -0.3 is 10.6 Å². The number of aromatic nitrogens is 4. The van der Waals surface area contributed by atoms with Crippen LogP contribution >= 0.6 is 0 Å². The molecule has 0 fully saturated rings. The Morgan fingerprint density at radius 1 is 1.29 bits per heavy atom. The van der Waals surface area contributed by atoms with Crippen LogP contribution < -0.4 is 10.6 Å². The number of rotatable bonds is 4. The van der Waals surface area contributed by atoms with Gasteiger partial charge in [-0.05, 0) is 13.8 Å². The van der Waals surface area contributed by atoms with Gasteiger partial charge in [0, 0.05) is 29.8 Å². The molecule has 114 valence electrons. The van der Waals surface area contributed by atoms with Crippen molar-refractivity contribution in [3.63, 3.8) is 0 Å². The first-order valence-corrected chi connectivity index (χ1v) is 7.00. The Morgan fingerprint density at radius 2 is 2.00 bits per heavy atom. The molecule has 0 saturated heterocycles. The van der Waals surface area contributed by atoms with Crippen LogP contribution in [0.4, 0.5) is 5.82 Å². The molecule has 0 aromatic carbocycles. The van der Waals surface area contributed by atoms with Crippen molar-refractivity contribution >= 4 is 17.5 Å². The van der Waals surface area contributed by atoms with Crippen LogP contribution in [0.15, 0.2) is 6.33 Å². The number of aryl methyl sites for hydroxylation is 1. The van der Waals surface area contributed by atoms with Gasteiger partial charge in [0.1, 0.15) is 12.1 Å². The molecular weight excluding hydrogens is 268 g/mol. The van der Waals surface area contributed by atoms with Gasteiger partial charge in [0.2, 0.25) is 5.91 Å². The molecule has 0 unspecified atom stereocenters. The van der Waals surface area contributed by atoms with Gasteiger partial charge >= 0.3 is 0 Å². The Kier molecular flexibility index (Phi) is 4.11. The minimum Gasteiger partial charge on any atom is -0.368 e. The van der Waals surface area contributed by atoms with Gasteiger partial charge in [-0.2, -0.15) is 14.6 Å². The topological polar surface area (TPSA) is 84.2 Å². The number of fused-ring (bicyclic) bond motifs is 1. The average molecular weight is 290 g/mol. The SMILES string of the molecule is Cc1nc2ncnn2c(NCCNC(=O)C(C)(C)C)c1C. The molecule has 7 nitrogen and oxygen atoms in total. The molecule has 7 heteroatoms. The van der Waals surface area contributed by atoms with Crippen molar-refractivity contribution in [1.29, 1.82) is 0 Å². The fourth-order valence-electron chi connectivity index (χ4n) is 1.86. The zero-order chi connectivity index (χ0) is 15.6. The molecule has 0 radical (unpaired) electrons. The molecule has 2 heterocycles. The Labute approximate surface area is 124 Å². The molecule has 0 aliphatic heterocycles. The summed E-state index contributed by atoms with van der Waals surface area (Å²) >= 11 is 0. The zero-order valence-corrected chi connectivity index (χ0v) is 13.2. The van der Waals surface area contributed by atoms with E-state index in [0.29, 0.717) is 18.9 Å². The number of anilines is 1. The Morgan fingerprint density at radius 3 is 2.67 bits per heavy atom. The van der Waals surface area contributed by atoms with Crippen LogP contribution in [0.3, 0.4) is 0 Å². The highest BCUT2D eigenvalue weighted by Crippen LogP contribution is 2.17. The minimum absolute atomic E-state index is 0.0397. The first-order chi connectivity index (χ1) is 9.80. The molecular formula is C14H22N6O. The number of carbonyl (C=O) groups excluding carboxylic acids is 1. The minimum atomic E-state index is -0.373. The molecule has 21 heavy (non-hydrogen) atoms. The molecule has 2 aromatic heterocycles. The number of nitrogens with zero attached hydrogens (tertiary/aromatic N) is 4. The number of hydrogen-bond donors (Lipinski definition) is 2. The van der Waals surface area contributed by atoms with Gasteiger partial charge in [-0.25, -0.2) is 4.98 Å². The summed E-state index contributed by atoms with van der Waals surface area (Å²) in [6.45, 7) is 10.8. The second-order valence-corrected chi connectivity index (χ2v) is 6.08. The van der Waals surface area contributed by atoms with Crippen LogP contribution in [0.1, 0.15) is 32.0 Å². The summed E-state index contributed by atoms with van der Waals surface area (Å²) < 4.78 is 1.67. The van der Waals surface area contributed by atoms with E-state index in [9.17, 15) is 4.79 Å². The third-order valence-corrected chi connectivity index (χ3v) is 3.29. The van der Waals surface area contributed by atoms with E-state index in [4.69, 9.17) is 0 Å². The fraction of sp³-hybridized carbons (Fsp3) is 0.571. The quantitative estimate of drug-likeness (QED) is 0.830. The van der Waals surface area contributed by atoms with Gasteiger partial charge in [-0.15, -0.1) is 0 Å². The molecule has 2 rings (SSSR count). The number of amides is 1. The van der Waals surface area contributed by atoms with E-state index in [1.54, 1.807) is 4.52 Å². The van der Waals surface area contributed by atoms with Crippen LogP contribution in [0.5, 0.6) is 0 Å². The van der Waals surface area contributed by atoms with Crippen molar-refractivity contribution in [3.05, 3.63) is 17.6 Å². The number of hydrogen-bond acceptors (Lipinski definition) is 5. The lowest BCUT2D eigenvalue weighted by atomic mass is 9.96. The zero-order valence-electron chi connectivity index (χ0n) is 13.2. The summed E-state index contributed by atoms with van der Waals surface area (Å²) in [6.07, 6.45) is 1.48. The van der Waals surface area contributed by atoms with Crippen LogP contribution in [0, 0.1) is 19.3 Å². The molecule has 2 N–H and O–H groups in total. The van der Waals surface area contributed by atoms with Gasteiger partial charge in [0.05, 0.1) is 0 Å². The van der Waals surface area contributed by atoms with Gasteiger partial charge in [0.25, 0.3) is 5.78 Å². The van der Waals surface area contributed by atoms with Crippen LogP contribution in [-0.2, 0) is 4.79 Å². The van der Waals surface area contributed by atoms with Gasteiger partial charge in [-0.1, -0.05) is 20.8 Å². The molecule has 1 amide bonds.